The van der Waals surface area contributed by atoms with Crippen molar-refractivity contribution in [2.45, 2.75) is 25.3 Å². The maximum atomic E-state index is 6.22. The second-order valence-corrected chi connectivity index (χ2v) is 8.76. The van der Waals surface area contributed by atoms with Crippen LogP contribution >= 0.6 is 11.6 Å². The van der Waals surface area contributed by atoms with Crippen molar-refractivity contribution in [3.8, 4) is 11.1 Å². The molecule has 2 aromatic carbocycles. The van der Waals surface area contributed by atoms with E-state index >= 15 is 0 Å². The number of nitrogens with one attached hydrogen (secondary N) is 1. The Balaban J connectivity index is 1.46. The van der Waals surface area contributed by atoms with Crippen LogP contribution in [0, 0.1) is 0 Å². The van der Waals surface area contributed by atoms with Crippen LogP contribution in [0.1, 0.15) is 25.0 Å². The van der Waals surface area contributed by atoms with E-state index in [1.807, 2.05) is 48.8 Å². The molecule has 0 aliphatic carbocycles. The summed E-state index contributed by atoms with van der Waals surface area (Å²) < 4.78 is 1.79. The molecule has 7 heteroatoms. The number of hydrogen-bond acceptors (Lipinski definition) is 5. The van der Waals surface area contributed by atoms with Gasteiger partial charge < -0.3 is 10.2 Å². The summed E-state index contributed by atoms with van der Waals surface area (Å²) >= 11 is 6.22. The van der Waals surface area contributed by atoms with E-state index in [0.717, 1.165) is 47.1 Å². The third-order valence-corrected chi connectivity index (χ3v) is 6.54. The minimum Gasteiger partial charge on any atom is -0.366 e. The first kappa shape index (κ1) is 19.3. The van der Waals surface area contributed by atoms with E-state index in [1.54, 1.807) is 4.52 Å². The topological polar surface area (TPSA) is 57.8 Å². The third kappa shape index (κ3) is 3.41. The molecule has 2 aliphatic rings. The highest BCUT2D eigenvalue weighted by atomic mass is 35.5. The number of aliphatic imine (C=N–C) groups is 1. The number of nitrogens with zero attached hydrogens (tertiary/aromatic N) is 5. The smallest absolute Gasteiger partial charge is 0.163 e. The lowest BCUT2D eigenvalue weighted by molar-refractivity contribution is 0.453. The number of para-hydroxylation sites is 2. The van der Waals surface area contributed by atoms with Crippen molar-refractivity contribution in [3.05, 3.63) is 77.7 Å². The zero-order valence-electron chi connectivity index (χ0n) is 17.6. The van der Waals surface area contributed by atoms with E-state index in [-0.39, 0.29) is 0 Å². The summed E-state index contributed by atoms with van der Waals surface area (Å²) in [4.78, 5) is 12.5. The largest absolute Gasteiger partial charge is 0.366 e. The van der Waals surface area contributed by atoms with Gasteiger partial charge in [-0.3, -0.25) is 0 Å². The summed E-state index contributed by atoms with van der Waals surface area (Å²) in [6, 6.07) is 18.6. The Kier molecular flexibility index (Phi) is 4.80. The minimum absolute atomic E-state index is 0.455. The Morgan fingerprint density at radius 1 is 1.03 bits per heavy atom. The van der Waals surface area contributed by atoms with Crippen molar-refractivity contribution >= 4 is 34.5 Å². The van der Waals surface area contributed by atoms with Crippen molar-refractivity contribution in [1.82, 2.24) is 19.9 Å². The third-order valence-electron chi connectivity index (χ3n) is 6.30. The van der Waals surface area contributed by atoms with E-state index in [0.29, 0.717) is 11.1 Å². The maximum Gasteiger partial charge on any atom is 0.163 e. The second-order valence-electron chi connectivity index (χ2n) is 8.32. The van der Waals surface area contributed by atoms with Gasteiger partial charge in [-0.2, -0.15) is 5.10 Å². The summed E-state index contributed by atoms with van der Waals surface area (Å²) in [5.41, 5.74) is 5.71. The van der Waals surface area contributed by atoms with Gasteiger partial charge in [-0.15, -0.1) is 0 Å². The zero-order chi connectivity index (χ0) is 21.5. The van der Waals surface area contributed by atoms with Crippen LogP contribution in [0.2, 0.25) is 5.02 Å². The molecule has 32 heavy (non-hydrogen) atoms. The molecule has 1 unspecified atom stereocenters. The molecule has 4 heterocycles. The lowest BCUT2D eigenvalue weighted by atomic mass is 10.00. The molecule has 2 aliphatic heterocycles. The normalized spacial score (nSPS) is 19.8. The number of amidine groups is 1. The lowest BCUT2D eigenvalue weighted by Gasteiger charge is -2.39. The summed E-state index contributed by atoms with van der Waals surface area (Å²) in [7, 11) is 0. The highest BCUT2D eigenvalue weighted by Crippen LogP contribution is 2.34. The van der Waals surface area contributed by atoms with Gasteiger partial charge in [-0.1, -0.05) is 35.9 Å². The van der Waals surface area contributed by atoms with E-state index in [2.05, 4.69) is 33.5 Å². The average Bonchev–Trinajstić information content (AvgIpc) is 3.24. The van der Waals surface area contributed by atoms with E-state index in [4.69, 9.17) is 21.6 Å². The van der Waals surface area contributed by atoms with Crippen LogP contribution in [0.5, 0.6) is 0 Å². The molecule has 6 nitrogen and oxygen atoms in total. The number of rotatable bonds is 2. The molecule has 6 rings (SSSR count). The summed E-state index contributed by atoms with van der Waals surface area (Å²) in [6.07, 6.45) is 7.45. The highest BCUT2D eigenvalue weighted by molar-refractivity contribution is 6.30. The van der Waals surface area contributed by atoms with Gasteiger partial charge >= 0.3 is 0 Å². The van der Waals surface area contributed by atoms with Crippen LogP contribution < -0.4 is 10.2 Å². The average molecular weight is 443 g/mol. The molecule has 4 aromatic rings. The quantitative estimate of drug-likeness (QED) is 0.469. The maximum absolute atomic E-state index is 6.22. The molecular weight excluding hydrogens is 420 g/mol. The number of hydrogen-bond donors (Lipinski definition) is 1. The highest BCUT2D eigenvalue weighted by Gasteiger charge is 2.27. The van der Waals surface area contributed by atoms with E-state index < -0.39 is 0 Å². The number of anilines is 1. The monoisotopic (exact) mass is 442 g/mol. The predicted molar refractivity (Wildman–Crippen MR) is 129 cm³/mol. The van der Waals surface area contributed by atoms with E-state index in [1.165, 1.54) is 24.9 Å². The Morgan fingerprint density at radius 3 is 2.91 bits per heavy atom. The van der Waals surface area contributed by atoms with Gasteiger partial charge in [-0.25, -0.2) is 14.5 Å². The molecule has 160 valence electrons. The van der Waals surface area contributed by atoms with Crippen molar-refractivity contribution in [3.63, 3.8) is 0 Å². The van der Waals surface area contributed by atoms with Gasteiger partial charge in [0, 0.05) is 35.9 Å². The number of piperidine rings is 1. The van der Waals surface area contributed by atoms with Gasteiger partial charge in [0.2, 0.25) is 0 Å². The standard InChI is InChI=1S/C25H23ClN6/c26-18-7-5-6-17(14-18)20-16-28-32-13-11-22(30-25(20)32)24-27-15-19-8-3-4-12-31(19)23-10-2-1-9-21(23)29-24/h1-2,5-7,9-11,13-14,16,19H,3-4,8,12,15H2,(H,27,29). The van der Waals surface area contributed by atoms with Crippen LogP contribution in [-0.4, -0.2) is 39.6 Å². The summed E-state index contributed by atoms with van der Waals surface area (Å²) in [5, 5.41) is 8.77. The Bertz CT molecular complexity index is 1330. The number of halogens is 1. The molecule has 0 radical (unpaired) electrons. The van der Waals surface area contributed by atoms with Crippen LogP contribution in [0.3, 0.4) is 0 Å². The molecule has 0 saturated carbocycles. The predicted octanol–water partition coefficient (Wildman–Crippen LogP) is 5.09. The molecule has 0 bridgehead atoms. The Labute approximate surface area is 191 Å². The molecule has 1 N–H and O–H groups in total. The van der Waals surface area contributed by atoms with Crippen LogP contribution in [0.4, 0.5) is 11.4 Å². The fourth-order valence-electron chi connectivity index (χ4n) is 4.71. The van der Waals surface area contributed by atoms with Crippen molar-refractivity contribution in [1.29, 1.82) is 0 Å². The van der Waals surface area contributed by atoms with Gasteiger partial charge in [0.05, 0.1) is 17.6 Å². The molecule has 1 atom stereocenters. The SMILES string of the molecule is Clc1cccc(-c2cnn3ccc(/C4=N/c5ccccc5N5CCCCC5CN4)nc23)c1. The molecule has 0 amide bonds. The fourth-order valence-corrected chi connectivity index (χ4v) is 4.90. The van der Waals surface area contributed by atoms with Gasteiger partial charge in [0.1, 0.15) is 5.69 Å². The zero-order valence-corrected chi connectivity index (χ0v) is 18.3. The van der Waals surface area contributed by atoms with Crippen LogP contribution in [0.15, 0.2) is 72.0 Å². The summed E-state index contributed by atoms with van der Waals surface area (Å²) in [6.45, 7) is 1.93. The van der Waals surface area contributed by atoms with E-state index in [9.17, 15) is 0 Å². The Morgan fingerprint density at radius 2 is 1.97 bits per heavy atom. The second kappa shape index (κ2) is 7.95. The molecule has 2 aromatic heterocycles. The van der Waals surface area contributed by atoms with Crippen LogP contribution in [-0.2, 0) is 0 Å². The first-order valence-electron chi connectivity index (χ1n) is 11.1. The number of benzene rings is 2. The number of fused-ring (bicyclic) bond motifs is 4. The first-order chi connectivity index (χ1) is 15.8. The van der Waals surface area contributed by atoms with Crippen molar-refractivity contribution in [2.75, 3.05) is 18.0 Å². The molecule has 1 saturated heterocycles. The summed E-state index contributed by atoms with van der Waals surface area (Å²) in [5.74, 6) is 0.795. The van der Waals surface area contributed by atoms with Gasteiger partial charge in [0.25, 0.3) is 0 Å². The fraction of sp³-hybridized carbons (Fsp3) is 0.240. The lowest BCUT2D eigenvalue weighted by Crippen LogP contribution is -2.48. The Hall–Kier alpha value is -3.38. The minimum atomic E-state index is 0.455. The van der Waals surface area contributed by atoms with Crippen LogP contribution in [0.25, 0.3) is 16.8 Å². The molecular formula is C25H23ClN6. The molecule has 0 spiro atoms. The first-order valence-corrected chi connectivity index (χ1v) is 11.4. The van der Waals surface area contributed by atoms with Gasteiger partial charge in [-0.05, 0) is 55.2 Å². The molecule has 1 fully saturated rings. The number of aromatic nitrogens is 3. The van der Waals surface area contributed by atoms with Gasteiger partial charge in [0.15, 0.2) is 11.5 Å². The van der Waals surface area contributed by atoms with Crippen molar-refractivity contribution < 1.29 is 0 Å². The van der Waals surface area contributed by atoms with Crippen molar-refractivity contribution in [2.24, 2.45) is 4.99 Å².